The van der Waals surface area contributed by atoms with Crippen LogP contribution in [0.25, 0.3) is 0 Å². The Morgan fingerprint density at radius 3 is 2.40 bits per heavy atom. The third-order valence-electron chi connectivity index (χ3n) is 1.16. The number of rotatable bonds is 2. The SMILES string of the molecule is O=PCc1ccc(F)cc1. The van der Waals surface area contributed by atoms with Crippen molar-refractivity contribution in [3.8, 4) is 0 Å². The van der Waals surface area contributed by atoms with Gasteiger partial charge in [0.2, 0.25) is 0 Å². The van der Waals surface area contributed by atoms with Crippen LogP contribution in [0.3, 0.4) is 0 Å². The van der Waals surface area contributed by atoms with E-state index in [4.69, 9.17) is 0 Å². The van der Waals surface area contributed by atoms with Crippen LogP contribution in [0, 0.1) is 5.82 Å². The van der Waals surface area contributed by atoms with Crippen LogP contribution in [-0.4, -0.2) is 0 Å². The van der Waals surface area contributed by atoms with Crippen LogP contribution in [0.5, 0.6) is 0 Å². The first-order valence-electron chi connectivity index (χ1n) is 2.86. The topological polar surface area (TPSA) is 17.1 Å². The monoisotopic (exact) mass is 156 g/mol. The minimum Gasteiger partial charge on any atom is -0.275 e. The summed E-state index contributed by atoms with van der Waals surface area (Å²) in [6.45, 7) is 0. The molecule has 1 nitrogen and oxygen atoms in total. The molecule has 1 aromatic carbocycles. The first kappa shape index (κ1) is 7.36. The van der Waals surface area contributed by atoms with Crippen molar-refractivity contribution in [1.82, 2.24) is 0 Å². The predicted octanol–water partition coefficient (Wildman–Crippen LogP) is 2.62. The lowest BCUT2D eigenvalue weighted by Crippen LogP contribution is -1.76. The Hall–Kier alpha value is -0.750. The van der Waals surface area contributed by atoms with Gasteiger partial charge in [-0.1, -0.05) is 12.1 Å². The summed E-state index contributed by atoms with van der Waals surface area (Å²) < 4.78 is 22.3. The van der Waals surface area contributed by atoms with Crippen LogP contribution in [0.2, 0.25) is 0 Å². The highest BCUT2D eigenvalue weighted by molar-refractivity contribution is 7.22. The molecule has 0 amide bonds. The van der Waals surface area contributed by atoms with Crippen molar-refractivity contribution in [2.45, 2.75) is 6.16 Å². The second-order valence-corrected chi connectivity index (χ2v) is 2.49. The zero-order valence-electron chi connectivity index (χ0n) is 5.25. The summed E-state index contributed by atoms with van der Waals surface area (Å²) in [7, 11) is 0.0738. The smallest absolute Gasteiger partial charge is 0.160 e. The van der Waals surface area contributed by atoms with Crippen molar-refractivity contribution in [3.63, 3.8) is 0 Å². The Morgan fingerprint density at radius 2 is 1.90 bits per heavy atom. The van der Waals surface area contributed by atoms with Crippen molar-refractivity contribution in [3.05, 3.63) is 35.6 Å². The highest BCUT2D eigenvalue weighted by atomic mass is 31.1. The zero-order valence-corrected chi connectivity index (χ0v) is 6.14. The highest BCUT2D eigenvalue weighted by Gasteiger charge is 1.91. The molecule has 0 fully saturated rings. The van der Waals surface area contributed by atoms with Gasteiger partial charge in [0.1, 0.15) is 5.82 Å². The third kappa shape index (κ3) is 1.89. The van der Waals surface area contributed by atoms with Crippen LogP contribution in [-0.2, 0) is 10.7 Å². The fraction of sp³-hybridized carbons (Fsp3) is 0.143. The van der Waals surface area contributed by atoms with E-state index in [9.17, 15) is 8.96 Å². The summed E-state index contributed by atoms with van der Waals surface area (Å²) in [4.78, 5) is 0. The van der Waals surface area contributed by atoms with E-state index in [2.05, 4.69) is 0 Å². The molecule has 0 saturated heterocycles. The van der Waals surface area contributed by atoms with Gasteiger partial charge in [-0.15, -0.1) is 0 Å². The van der Waals surface area contributed by atoms with Gasteiger partial charge < -0.3 is 0 Å². The minimum absolute atomic E-state index is 0.0738. The molecule has 0 aliphatic heterocycles. The third-order valence-corrected chi connectivity index (χ3v) is 1.65. The molecule has 0 aliphatic rings. The van der Waals surface area contributed by atoms with E-state index in [1.807, 2.05) is 0 Å². The van der Waals surface area contributed by atoms with E-state index in [0.717, 1.165) is 5.56 Å². The minimum atomic E-state index is -0.258. The molecule has 0 aliphatic carbocycles. The van der Waals surface area contributed by atoms with Crippen LogP contribution >= 0.6 is 8.46 Å². The van der Waals surface area contributed by atoms with Gasteiger partial charge in [0.15, 0.2) is 8.46 Å². The molecule has 0 aromatic heterocycles. The van der Waals surface area contributed by atoms with Gasteiger partial charge in [0, 0.05) is 0 Å². The van der Waals surface area contributed by atoms with Crippen molar-refractivity contribution in [2.75, 3.05) is 0 Å². The summed E-state index contributed by atoms with van der Waals surface area (Å²) in [6.07, 6.45) is 0.459. The van der Waals surface area contributed by atoms with Gasteiger partial charge in [-0.25, -0.2) is 4.39 Å². The highest BCUT2D eigenvalue weighted by Crippen LogP contribution is 2.09. The molecule has 52 valence electrons. The van der Waals surface area contributed by atoms with Crippen LogP contribution in [0.15, 0.2) is 24.3 Å². The molecule has 0 bridgehead atoms. The van der Waals surface area contributed by atoms with Crippen LogP contribution < -0.4 is 0 Å². The Labute approximate surface area is 60.1 Å². The molecule has 1 aromatic rings. The van der Waals surface area contributed by atoms with Gasteiger partial charge in [0.05, 0.1) is 6.16 Å². The van der Waals surface area contributed by atoms with Crippen LogP contribution in [0.4, 0.5) is 4.39 Å². The normalized spacial score (nSPS) is 10.1. The molecule has 0 heterocycles. The standard InChI is InChI=1S/C7H6FOP/c8-7-3-1-6(2-4-7)5-10-9/h1-4H,5H2. The molecule has 0 unspecified atom stereocenters. The molecule has 0 atom stereocenters. The molecule has 0 N–H and O–H groups in total. The maximum Gasteiger partial charge on any atom is 0.160 e. The van der Waals surface area contributed by atoms with E-state index >= 15 is 0 Å². The fourth-order valence-corrected chi connectivity index (χ4v) is 1.02. The van der Waals surface area contributed by atoms with E-state index in [-0.39, 0.29) is 14.3 Å². The maximum absolute atomic E-state index is 12.2. The zero-order chi connectivity index (χ0) is 7.40. The molecular formula is C7H6FOP. The summed E-state index contributed by atoms with van der Waals surface area (Å²) >= 11 is 0. The quantitative estimate of drug-likeness (QED) is 0.601. The molecule has 0 spiro atoms. The lowest BCUT2D eigenvalue weighted by atomic mass is 10.2. The lowest BCUT2D eigenvalue weighted by molar-refractivity contribution is 0.598. The molecule has 3 heteroatoms. The second kappa shape index (κ2) is 3.43. The van der Waals surface area contributed by atoms with Gasteiger partial charge in [-0.3, -0.25) is 4.57 Å². The lowest BCUT2D eigenvalue weighted by Gasteiger charge is -1.91. The van der Waals surface area contributed by atoms with Gasteiger partial charge in [-0.05, 0) is 17.7 Å². The van der Waals surface area contributed by atoms with E-state index in [1.165, 1.54) is 12.1 Å². The number of halogens is 1. The van der Waals surface area contributed by atoms with E-state index in [0.29, 0.717) is 6.16 Å². The van der Waals surface area contributed by atoms with Crippen LogP contribution in [0.1, 0.15) is 5.56 Å². The van der Waals surface area contributed by atoms with E-state index < -0.39 is 0 Å². The Bertz CT molecular complexity index is 220. The Kier molecular flexibility index (Phi) is 2.52. The second-order valence-electron chi connectivity index (χ2n) is 1.91. The fourth-order valence-electron chi connectivity index (χ4n) is 0.664. The molecular weight excluding hydrogens is 150 g/mol. The summed E-state index contributed by atoms with van der Waals surface area (Å²) in [6, 6.07) is 5.97. The Morgan fingerprint density at radius 1 is 1.30 bits per heavy atom. The average molecular weight is 156 g/mol. The molecule has 1 rings (SSSR count). The molecule has 10 heavy (non-hydrogen) atoms. The van der Waals surface area contributed by atoms with E-state index in [1.54, 1.807) is 12.1 Å². The largest absolute Gasteiger partial charge is 0.275 e. The molecule has 0 saturated carbocycles. The van der Waals surface area contributed by atoms with Crippen molar-refractivity contribution < 1.29 is 8.96 Å². The van der Waals surface area contributed by atoms with Crippen molar-refractivity contribution >= 4 is 8.46 Å². The average Bonchev–Trinajstić information content (AvgIpc) is 1.95. The van der Waals surface area contributed by atoms with Gasteiger partial charge >= 0.3 is 0 Å². The van der Waals surface area contributed by atoms with Crippen molar-refractivity contribution in [2.24, 2.45) is 0 Å². The summed E-state index contributed by atoms with van der Waals surface area (Å²) in [5.74, 6) is -0.258. The van der Waals surface area contributed by atoms with Gasteiger partial charge in [0.25, 0.3) is 0 Å². The number of hydrogen-bond acceptors (Lipinski definition) is 1. The predicted molar refractivity (Wildman–Crippen MR) is 37.7 cm³/mol. The van der Waals surface area contributed by atoms with Crippen molar-refractivity contribution in [1.29, 1.82) is 0 Å². The first-order chi connectivity index (χ1) is 4.83. The summed E-state index contributed by atoms with van der Waals surface area (Å²) in [5, 5.41) is 0. The number of hydrogen-bond donors (Lipinski definition) is 0. The molecule has 0 radical (unpaired) electrons. The number of benzene rings is 1. The first-order valence-corrected chi connectivity index (χ1v) is 3.86. The Balaban J connectivity index is 2.78. The van der Waals surface area contributed by atoms with Gasteiger partial charge in [-0.2, -0.15) is 0 Å². The maximum atomic E-state index is 12.2. The summed E-state index contributed by atoms with van der Waals surface area (Å²) in [5.41, 5.74) is 0.887.